The average molecular weight is 353 g/mol. The first-order chi connectivity index (χ1) is 8.25. The molecular weight excluding hydrogens is 346 g/mol. The predicted molar refractivity (Wildman–Crippen MR) is 74.3 cm³/mol. The molecular formula is C12H7Br2N3. The van der Waals surface area contributed by atoms with Crippen LogP contribution in [0, 0.1) is 0 Å². The number of aromatic nitrogens is 3. The molecule has 0 bridgehead atoms. The molecule has 2 heterocycles. The SMILES string of the molecule is Brc1cnc(-n2cnc3ccccc32)c(Br)c1. The Morgan fingerprint density at radius 2 is 1.88 bits per heavy atom. The molecule has 0 fully saturated rings. The quantitative estimate of drug-likeness (QED) is 0.664. The van der Waals surface area contributed by atoms with Crippen molar-refractivity contribution in [3.05, 3.63) is 51.8 Å². The molecule has 0 atom stereocenters. The highest BCUT2D eigenvalue weighted by Gasteiger charge is 2.08. The van der Waals surface area contributed by atoms with Crippen LogP contribution >= 0.6 is 31.9 Å². The van der Waals surface area contributed by atoms with E-state index in [9.17, 15) is 0 Å². The van der Waals surface area contributed by atoms with Crippen molar-refractivity contribution >= 4 is 42.9 Å². The van der Waals surface area contributed by atoms with Crippen LogP contribution in [0.15, 0.2) is 51.8 Å². The van der Waals surface area contributed by atoms with Gasteiger partial charge in [-0.3, -0.25) is 4.57 Å². The number of benzene rings is 1. The van der Waals surface area contributed by atoms with Gasteiger partial charge in [0.1, 0.15) is 6.33 Å². The highest BCUT2D eigenvalue weighted by Crippen LogP contribution is 2.25. The van der Waals surface area contributed by atoms with E-state index in [-0.39, 0.29) is 0 Å². The third-order valence-corrected chi connectivity index (χ3v) is 3.49. The Hall–Kier alpha value is -1.20. The van der Waals surface area contributed by atoms with Gasteiger partial charge >= 0.3 is 0 Å². The molecule has 0 aliphatic carbocycles. The summed E-state index contributed by atoms with van der Waals surface area (Å²) in [5, 5.41) is 0. The Balaban J connectivity index is 2.27. The molecule has 1 aromatic carbocycles. The highest BCUT2D eigenvalue weighted by molar-refractivity contribution is 9.11. The summed E-state index contributed by atoms with van der Waals surface area (Å²) in [5.74, 6) is 0.835. The van der Waals surface area contributed by atoms with E-state index in [1.165, 1.54) is 0 Å². The average Bonchev–Trinajstić information content (AvgIpc) is 2.73. The van der Waals surface area contributed by atoms with Crippen LogP contribution in [0.25, 0.3) is 16.9 Å². The molecule has 0 N–H and O–H groups in total. The lowest BCUT2D eigenvalue weighted by Gasteiger charge is -2.05. The Kier molecular flexibility index (Phi) is 2.72. The Morgan fingerprint density at radius 1 is 1.06 bits per heavy atom. The first-order valence-electron chi connectivity index (χ1n) is 4.99. The second-order valence-electron chi connectivity index (χ2n) is 3.56. The highest BCUT2D eigenvalue weighted by atomic mass is 79.9. The molecule has 0 spiro atoms. The predicted octanol–water partition coefficient (Wildman–Crippen LogP) is 3.95. The normalized spacial score (nSPS) is 10.9. The van der Waals surface area contributed by atoms with Gasteiger partial charge in [0.25, 0.3) is 0 Å². The minimum Gasteiger partial charge on any atom is -0.282 e. The van der Waals surface area contributed by atoms with Crippen LogP contribution < -0.4 is 0 Å². The zero-order valence-corrected chi connectivity index (χ0v) is 11.8. The van der Waals surface area contributed by atoms with Crippen molar-refractivity contribution in [2.45, 2.75) is 0 Å². The van der Waals surface area contributed by atoms with Crippen LogP contribution in [-0.2, 0) is 0 Å². The minimum absolute atomic E-state index is 0.835. The lowest BCUT2D eigenvalue weighted by atomic mass is 10.3. The van der Waals surface area contributed by atoms with Crippen molar-refractivity contribution in [3.8, 4) is 5.82 Å². The molecule has 3 rings (SSSR count). The van der Waals surface area contributed by atoms with Crippen molar-refractivity contribution in [1.82, 2.24) is 14.5 Å². The fraction of sp³-hybridized carbons (Fsp3) is 0. The fourth-order valence-corrected chi connectivity index (χ4v) is 2.89. The molecule has 17 heavy (non-hydrogen) atoms. The first kappa shape index (κ1) is 10.9. The summed E-state index contributed by atoms with van der Waals surface area (Å²) in [6, 6.07) is 9.95. The second-order valence-corrected chi connectivity index (χ2v) is 5.33. The molecule has 84 valence electrons. The minimum atomic E-state index is 0.835. The summed E-state index contributed by atoms with van der Waals surface area (Å²) in [6.07, 6.45) is 3.56. The van der Waals surface area contributed by atoms with E-state index < -0.39 is 0 Å². The van der Waals surface area contributed by atoms with E-state index in [0.29, 0.717) is 0 Å². The molecule has 3 aromatic rings. The Bertz CT molecular complexity index is 691. The van der Waals surface area contributed by atoms with Gasteiger partial charge in [-0.1, -0.05) is 12.1 Å². The van der Waals surface area contributed by atoms with Gasteiger partial charge in [-0.05, 0) is 50.1 Å². The standard InChI is InChI=1S/C12H7Br2N3/c13-8-5-9(14)12(15-6-8)17-7-16-10-3-1-2-4-11(10)17/h1-7H. The first-order valence-corrected chi connectivity index (χ1v) is 6.58. The molecule has 0 aliphatic rings. The van der Waals surface area contributed by atoms with Crippen LogP contribution in [0.1, 0.15) is 0 Å². The van der Waals surface area contributed by atoms with Gasteiger partial charge in [-0.15, -0.1) is 0 Å². The number of imidazole rings is 1. The fourth-order valence-electron chi connectivity index (χ4n) is 1.71. The van der Waals surface area contributed by atoms with Gasteiger partial charge in [-0.25, -0.2) is 9.97 Å². The molecule has 5 heteroatoms. The molecule has 0 amide bonds. The number of hydrogen-bond donors (Lipinski definition) is 0. The number of para-hydroxylation sites is 2. The zero-order chi connectivity index (χ0) is 11.8. The van der Waals surface area contributed by atoms with E-state index in [1.807, 2.05) is 34.9 Å². The lowest BCUT2D eigenvalue weighted by molar-refractivity contribution is 1.01. The molecule has 0 saturated heterocycles. The maximum Gasteiger partial charge on any atom is 0.152 e. The smallest absolute Gasteiger partial charge is 0.152 e. The van der Waals surface area contributed by atoms with E-state index in [1.54, 1.807) is 12.5 Å². The van der Waals surface area contributed by atoms with E-state index in [0.717, 1.165) is 25.8 Å². The van der Waals surface area contributed by atoms with Gasteiger partial charge < -0.3 is 0 Å². The lowest BCUT2D eigenvalue weighted by Crippen LogP contribution is -1.96. The summed E-state index contributed by atoms with van der Waals surface area (Å²) < 4.78 is 3.83. The van der Waals surface area contributed by atoms with Crippen molar-refractivity contribution in [1.29, 1.82) is 0 Å². The number of rotatable bonds is 1. The Morgan fingerprint density at radius 3 is 2.71 bits per heavy atom. The van der Waals surface area contributed by atoms with Crippen LogP contribution in [0.3, 0.4) is 0 Å². The van der Waals surface area contributed by atoms with Gasteiger partial charge in [0, 0.05) is 10.7 Å². The summed E-state index contributed by atoms with van der Waals surface area (Å²) in [6.45, 7) is 0. The van der Waals surface area contributed by atoms with Crippen LogP contribution in [0.5, 0.6) is 0 Å². The van der Waals surface area contributed by atoms with E-state index in [4.69, 9.17) is 0 Å². The van der Waals surface area contributed by atoms with Crippen molar-refractivity contribution in [2.24, 2.45) is 0 Å². The summed E-state index contributed by atoms with van der Waals surface area (Å²) in [7, 11) is 0. The molecule has 0 aliphatic heterocycles. The number of pyridine rings is 1. The van der Waals surface area contributed by atoms with Crippen LogP contribution in [-0.4, -0.2) is 14.5 Å². The molecule has 0 saturated carbocycles. The van der Waals surface area contributed by atoms with Crippen LogP contribution in [0.4, 0.5) is 0 Å². The van der Waals surface area contributed by atoms with Crippen LogP contribution in [0.2, 0.25) is 0 Å². The number of halogens is 2. The third-order valence-electron chi connectivity index (χ3n) is 2.47. The summed E-state index contributed by atoms with van der Waals surface area (Å²) >= 11 is 6.91. The Labute approximate surface area is 115 Å². The van der Waals surface area contributed by atoms with Gasteiger partial charge in [0.15, 0.2) is 5.82 Å². The second kappa shape index (κ2) is 4.23. The zero-order valence-electron chi connectivity index (χ0n) is 8.64. The van der Waals surface area contributed by atoms with E-state index in [2.05, 4.69) is 41.8 Å². The summed E-state index contributed by atoms with van der Waals surface area (Å²) in [4.78, 5) is 8.75. The topological polar surface area (TPSA) is 30.7 Å². The molecule has 0 unspecified atom stereocenters. The monoisotopic (exact) mass is 351 g/mol. The number of nitrogens with zero attached hydrogens (tertiary/aromatic N) is 3. The third kappa shape index (κ3) is 1.89. The molecule has 2 aromatic heterocycles. The molecule has 0 radical (unpaired) electrons. The molecule has 3 nitrogen and oxygen atoms in total. The largest absolute Gasteiger partial charge is 0.282 e. The maximum absolute atomic E-state index is 4.40. The van der Waals surface area contributed by atoms with Gasteiger partial charge in [0.05, 0.1) is 15.5 Å². The summed E-state index contributed by atoms with van der Waals surface area (Å²) in [5.41, 5.74) is 2.01. The number of hydrogen-bond acceptors (Lipinski definition) is 2. The van der Waals surface area contributed by atoms with Crippen molar-refractivity contribution < 1.29 is 0 Å². The van der Waals surface area contributed by atoms with Gasteiger partial charge in [0.2, 0.25) is 0 Å². The van der Waals surface area contributed by atoms with Crippen molar-refractivity contribution in [3.63, 3.8) is 0 Å². The van der Waals surface area contributed by atoms with Gasteiger partial charge in [-0.2, -0.15) is 0 Å². The van der Waals surface area contributed by atoms with E-state index >= 15 is 0 Å². The number of fused-ring (bicyclic) bond motifs is 1. The maximum atomic E-state index is 4.40. The van der Waals surface area contributed by atoms with Crippen molar-refractivity contribution in [2.75, 3.05) is 0 Å².